The summed E-state index contributed by atoms with van der Waals surface area (Å²) in [6.45, 7) is 15.5. The zero-order valence-electron chi connectivity index (χ0n) is 26.0. The molecule has 1 aliphatic rings. The van der Waals surface area contributed by atoms with Gasteiger partial charge < -0.3 is 9.47 Å². The predicted molar refractivity (Wildman–Crippen MR) is 169 cm³/mol. The lowest BCUT2D eigenvalue weighted by Gasteiger charge is -2.30. The Balaban J connectivity index is 1.48. The largest absolute Gasteiger partial charge is 0.476 e. The van der Waals surface area contributed by atoms with E-state index in [-0.39, 0.29) is 17.6 Å². The van der Waals surface area contributed by atoms with E-state index in [2.05, 4.69) is 41.3 Å². The van der Waals surface area contributed by atoms with Gasteiger partial charge in [0.25, 0.3) is 0 Å². The van der Waals surface area contributed by atoms with Crippen molar-refractivity contribution in [3.63, 3.8) is 0 Å². The van der Waals surface area contributed by atoms with Crippen molar-refractivity contribution in [3.05, 3.63) is 99.6 Å². The number of halogens is 1. The molecule has 224 valence electrons. The molecule has 0 radical (unpaired) electrons. The summed E-state index contributed by atoms with van der Waals surface area (Å²) in [5.41, 5.74) is 3.43. The number of carbonyl (C=O) groups is 2. The minimum atomic E-state index is -1.12. The Kier molecular flexibility index (Phi) is 9.84. The molecular formula is C36H44ClNO4. The molecular weight excluding hydrogens is 546 g/mol. The fourth-order valence-corrected chi connectivity index (χ4v) is 5.87. The van der Waals surface area contributed by atoms with Crippen molar-refractivity contribution in [2.24, 2.45) is 11.8 Å². The third-order valence-corrected chi connectivity index (χ3v) is 8.05. The smallest absolute Gasteiger partial charge is 0.350 e. The molecule has 3 aromatic rings. The van der Waals surface area contributed by atoms with Crippen LogP contribution in [0.3, 0.4) is 0 Å². The molecule has 0 spiro atoms. The number of hydrogen-bond acceptors (Lipinski definition) is 5. The van der Waals surface area contributed by atoms with Crippen LogP contribution in [0.5, 0.6) is 5.75 Å². The number of esters is 1. The Labute approximate surface area is 256 Å². The molecule has 0 aliphatic carbocycles. The predicted octanol–water partition coefficient (Wildman–Crippen LogP) is 8.02. The fourth-order valence-electron chi connectivity index (χ4n) is 5.74. The van der Waals surface area contributed by atoms with Crippen molar-refractivity contribution in [1.29, 1.82) is 0 Å². The van der Waals surface area contributed by atoms with Crippen LogP contribution in [-0.4, -0.2) is 40.9 Å². The van der Waals surface area contributed by atoms with Crippen LogP contribution in [-0.2, 0) is 22.5 Å². The minimum Gasteiger partial charge on any atom is -0.476 e. The summed E-state index contributed by atoms with van der Waals surface area (Å²) in [7, 11) is 0. The van der Waals surface area contributed by atoms with Crippen LogP contribution < -0.4 is 4.74 Å². The van der Waals surface area contributed by atoms with Crippen molar-refractivity contribution in [3.8, 4) is 5.75 Å². The van der Waals surface area contributed by atoms with E-state index in [1.165, 1.54) is 11.1 Å². The lowest BCUT2D eigenvalue weighted by Crippen LogP contribution is -2.43. The van der Waals surface area contributed by atoms with Crippen LogP contribution in [0.2, 0.25) is 5.02 Å². The van der Waals surface area contributed by atoms with E-state index in [0.717, 1.165) is 49.2 Å². The summed E-state index contributed by atoms with van der Waals surface area (Å²) >= 11 is 6.10. The van der Waals surface area contributed by atoms with E-state index >= 15 is 0 Å². The lowest BCUT2D eigenvalue weighted by molar-refractivity contribution is -0.171. The average Bonchev–Trinajstić information content (AvgIpc) is 3.31. The number of aryl methyl sites for hydroxylation is 3. The average molecular weight is 590 g/mol. The second-order valence-electron chi connectivity index (χ2n) is 13.1. The number of likely N-dealkylation sites (tertiary alicyclic amines) is 1. The quantitative estimate of drug-likeness (QED) is 0.177. The van der Waals surface area contributed by atoms with Gasteiger partial charge >= 0.3 is 5.97 Å². The van der Waals surface area contributed by atoms with Gasteiger partial charge in [0, 0.05) is 36.1 Å². The highest BCUT2D eigenvalue weighted by atomic mass is 35.5. The normalized spacial score (nSPS) is 17.7. The van der Waals surface area contributed by atoms with E-state index in [0.29, 0.717) is 10.8 Å². The van der Waals surface area contributed by atoms with E-state index in [1.807, 2.05) is 52.8 Å². The SMILES string of the molecule is Cc1cc(CC[C@H]2CN(Cc3ccccc3)C[C@@H]2C(=O)c2ccc(Cl)cc2)cc(C)c1OC(C)(C)C(=O)OC(C)(C)C. The number of hydrogen-bond donors (Lipinski definition) is 0. The molecule has 0 amide bonds. The van der Waals surface area contributed by atoms with Crippen molar-refractivity contribution in [2.45, 2.75) is 79.1 Å². The van der Waals surface area contributed by atoms with Gasteiger partial charge in [-0.1, -0.05) is 54.1 Å². The highest BCUT2D eigenvalue weighted by molar-refractivity contribution is 6.30. The standard InChI is InChI=1S/C36H44ClNO4/c1-24-19-27(20-25(2)33(24)41-36(6,7)34(40)42-35(3,4)5)13-14-29-22-38(21-26-11-9-8-10-12-26)23-31(29)32(39)28-15-17-30(37)18-16-28/h8-12,15-20,29,31H,13-14,21-23H2,1-7H3/t29-,31-/m0/s1. The number of nitrogens with zero attached hydrogens (tertiary/aromatic N) is 1. The molecule has 1 fully saturated rings. The van der Waals surface area contributed by atoms with Crippen LogP contribution in [0, 0.1) is 25.7 Å². The first-order valence-electron chi connectivity index (χ1n) is 14.8. The van der Waals surface area contributed by atoms with Gasteiger partial charge in [-0.15, -0.1) is 0 Å². The number of ketones is 1. The van der Waals surface area contributed by atoms with Crippen LogP contribution in [0.15, 0.2) is 66.7 Å². The fraction of sp³-hybridized carbons (Fsp3) is 0.444. The summed E-state index contributed by atoms with van der Waals surface area (Å²) in [4.78, 5) is 28.9. The maximum absolute atomic E-state index is 13.7. The molecule has 2 atom stereocenters. The monoisotopic (exact) mass is 589 g/mol. The molecule has 3 aromatic carbocycles. The minimum absolute atomic E-state index is 0.0747. The summed E-state index contributed by atoms with van der Waals surface area (Å²) in [6, 6.07) is 22.0. The molecule has 6 heteroatoms. The zero-order chi connectivity index (χ0) is 30.7. The second kappa shape index (κ2) is 13.0. The van der Waals surface area contributed by atoms with Crippen molar-refractivity contribution in [1.82, 2.24) is 4.90 Å². The van der Waals surface area contributed by atoms with Crippen molar-refractivity contribution < 1.29 is 19.1 Å². The molecule has 0 aromatic heterocycles. The summed E-state index contributed by atoms with van der Waals surface area (Å²) in [5, 5.41) is 0.632. The first-order valence-corrected chi connectivity index (χ1v) is 15.2. The molecule has 1 saturated heterocycles. The van der Waals surface area contributed by atoms with Gasteiger partial charge in [-0.25, -0.2) is 4.79 Å². The van der Waals surface area contributed by atoms with E-state index < -0.39 is 17.2 Å². The topological polar surface area (TPSA) is 55.8 Å². The van der Waals surface area contributed by atoms with Gasteiger partial charge in [-0.2, -0.15) is 0 Å². The van der Waals surface area contributed by atoms with Gasteiger partial charge in [0.2, 0.25) is 0 Å². The number of carbonyl (C=O) groups excluding carboxylic acids is 2. The highest BCUT2D eigenvalue weighted by Gasteiger charge is 2.38. The summed E-state index contributed by atoms with van der Waals surface area (Å²) < 4.78 is 11.8. The van der Waals surface area contributed by atoms with Crippen LogP contribution in [0.1, 0.15) is 73.7 Å². The molecule has 4 rings (SSSR count). The summed E-state index contributed by atoms with van der Waals surface area (Å²) in [5.74, 6) is 0.664. The first-order chi connectivity index (χ1) is 19.7. The Morgan fingerprint density at radius 3 is 2.10 bits per heavy atom. The molecule has 42 heavy (non-hydrogen) atoms. The second-order valence-corrected chi connectivity index (χ2v) is 13.6. The van der Waals surface area contributed by atoms with Gasteiger partial charge in [-0.3, -0.25) is 9.69 Å². The molecule has 0 unspecified atom stereocenters. The Morgan fingerprint density at radius 1 is 0.881 bits per heavy atom. The van der Waals surface area contributed by atoms with E-state index in [4.69, 9.17) is 21.1 Å². The van der Waals surface area contributed by atoms with Gasteiger partial charge in [0.1, 0.15) is 11.4 Å². The maximum Gasteiger partial charge on any atom is 0.350 e. The number of benzene rings is 3. The molecule has 1 aliphatic heterocycles. The first kappa shape index (κ1) is 31.8. The Bertz CT molecular complexity index is 1370. The van der Waals surface area contributed by atoms with Crippen LogP contribution >= 0.6 is 11.6 Å². The third kappa shape index (κ3) is 8.23. The molecule has 1 heterocycles. The Hall–Kier alpha value is -3.15. The van der Waals surface area contributed by atoms with Crippen LogP contribution in [0.25, 0.3) is 0 Å². The van der Waals surface area contributed by atoms with E-state index in [9.17, 15) is 9.59 Å². The highest BCUT2D eigenvalue weighted by Crippen LogP contribution is 2.34. The van der Waals surface area contributed by atoms with Crippen molar-refractivity contribution in [2.75, 3.05) is 13.1 Å². The van der Waals surface area contributed by atoms with Gasteiger partial charge in [0.15, 0.2) is 11.4 Å². The summed E-state index contributed by atoms with van der Waals surface area (Å²) in [6.07, 6.45) is 1.75. The molecule has 5 nitrogen and oxygen atoms in total. The zero-order valence-corrected chi connectivity index (χ0v) is 26.8. The van der Waals surface area contributed by atoms with E-state index in [1.54, 1.807) is 26.0 Å². The number of rotatable bonds is 10. The maximum atomic E-state index is 13.7. The van der Waals surface area contributed by atoms with Crippen molar-refractivity contribution >= 4 is 23.4 Å². The van der Waals surface area contributed by atoms with Gasteiger partial charge in [-0.05, 0) is 114 Å². The lowest BCUT2D eigenvalue weighted by atomic mass is 9.84. The Morgan fingerprint density at radius 2 is 1.50 bits per heavy atom. The third-order valence-electron chi connectivity index (χ3n) is 7.80. The van der Waals surface area contributed by atoms with Crippen LogP contribution in [0.4, 0.5) is 0 Å². The molecule has 0 N–H and O–H groups in total. The molecule has 0 saturated carbocycles. The molecule has 0 bridgehead atoms. The van der Waals surface area contributed by atoms with Gasteiger partial charge in [0.05, 0.1) is 0 Å². The number of Topliss-reactive ketones (excluding diaryl/α,β-unsaturated/α-hetero) is 1. The number of ether oxygens (including phenoxy) is 2.